The fraction of sp³-hybridized carbons (Fsp3) is 0.619. The van der Waals surface area contributed by atoms with Crippen LogP contribution in [0.3, 0.4) is 0 Å². The average Bonchev–Trinajstić information content (AvgIpc) is 3.07. The van der Waals surface area contributed by atoms with Crippen molar-refractivity contribution in [3.05, 3.63) is 24.3 Å². The lowest BCUT2D eigenvalue weighted by Crippen LogP contribution is -2.44. The van der Waals surface area contributed by atoms with E-state index >= 15 is 0 Å². The number of alkyl carbamates (subject to hydrolysis) is 1. The molecule has 2 N–H and O–H groups in total. The van der Waals surface area contributed by atoms with Gasteiger partial charge in [0.2, 0.25) is 11.9 Å². The first kappa shape index (κ1) is 22.8. The van der Waals surface area contributed by atoms with Crippen molar-refractivity contribution >= 4 is 17.9 Å². The van der Waals surface area contributed by atoms with Gasteiger partial charge in [0.25, 0.3) is 0 Å². The minimum absolute atomic E-state index is 0.0343. The number of nitrogens with zero attached hydrogens (tertiary/aromatic N) is 3. The van der Waals surface area contributed by atoms with E-state index in [1.807, 2.05) is 0 Å². The summed E-state index contributed by atoms with van der Waals surface area (Å²) in [6, 6.07) is 0. The highest BCUT2D eigenvalue weighted by Crippen LogP contribution is 2.38. The smallest absolute Gasteiger partial charge is 0.407 e. The van der Waals surface area contributed by atoms with Crippen molar-refractivity contribution in [3.8, 4) is 5.75 Å². The van der Waals surface area contributed by atoms with Gasteiger partial charge in [-0.3, -0.25) is 4.79 Å². The maximum atomic E-state index is 13.1. The lowest BCUT2D eigenvalue weighted by atomic mass is 9.77. The van der Waals surface area contributed by atoms with Crippen LogP contribution in [0, 0.1) is 5.41 Å². The van der Waals surface area contributed by atoms with Gasteiger partial charge in [-0.05, 0) is 40.0 Å². The molecule has 10 heteroatoms. The van der Waals surface area contributed by atoms with Crippen molar-refractivity contribution < 1.29 is 23.5 Å². The van der Waals surface area contributed by atoms with Gasteiger partial charge in [0.05, 0.1) is 24.1 Å². The molecule has 0 bridgehead atoms. The SMILES string of the molecule is CC(C)(C)OC(=O)NC/C(=C\F)COc1cnc(N2CCC3(CCNC3=O)CC2)nc1. The quantitative estimate of drug-likeness (QED) is 0.706. The van der Waals surface area contributed by atoms with Gasteiger partial charge in [-0.15, -0.1) is 0 Å². The molecule has 9 nitrogen and oxygen atoms in total. The molecule has 0 unspecified atom stereocenters. The van der Waals surface area contributed by atoms with Crippen molar-refractivity contribution in [1.82, 2.24) is 20.6 Å². The van der Waals surface area contributed by atoms with E-state index in [4.69, 9.17) is 9.47 Å². The van der Waals surface area contributed by atoms with Crippen molar-refractivity contribution in [2.24, 2.45) is 5.41 Å². The molecule has 0 aliphatic carbocycles. The fourth-order valence-corrected chi connectivity index (χ4v) is 3.67. The molecule has 31 heavy (non-hydrogen) atoms. The molecule has 3 rings (SSSR count). The highest BCUT2D eigenvalue weighted by Gasteiger charge is 2.44. The summed E-state index contributed by atoms with van der Waals surface area (Å²) in [6.07, 6.45) is 5.30. The molecule has 1 spiro atoms. The van der Waals surface area contributed by atoms with Crippen molar-refractivity contribution in [2.45, 2.75) is 45.6 Å². The molecule has 1 aromatic heterocycles. The van der Waals surface area contributed by atoms with E-state index in [1.165, 1.54) is 12.4 Å². The number of carbonyl (C=O) groups excluding carboxylic acids is 2. The van der Waals surface area contributed by atoms with Crippen LogP contribution in [0.2, 0.25) is 0 Å². The number of carbonyl (C=O) groups is 2. The van der Waals surface area contributed by atoms with Crippen LogP contribution in [0.4, 0.5) is 15.1 Å². The molecule has 0 aromatic carbocycles. The van der Waals surface area contributed by atoms with E-state index < -0.39 is 11.7 Å². The summed E-state index contributed by atoms with van der Waals surface area (Å²) in [5.41, 5.74) is -0.620. The zero-order valence-corrected chi connectivity index (χ0v) is 18.2. The molecule has 170 valence electrons. The summed E-state index contributed by atoms with van der Waals surface area (Å²) in [6.45, 7) is 7.35. The summed E-state index contributed by atoms with van der Waals surface area (Å²) < 4.78 is 23.8. The number of anilines is 1. The Morgan fingerprint density at radius 1 is 1.29 bits per heavy atom. The molecular formula is C21H30FN5O4. The van der Waals surface area contributed by atoms with Crippen LogP contribution in [-0.4, -0.2) is 60.4 Å². The zero-order chi connectivity index (χ0) is 22.5. The summed E-state index contributed by atoms with van der Waals surface area (Å²) in [7, 11) is 0. The molecule has 2 fully saturated rings. The highest BCUT2D eigenvalue weighted by molar-refractivity contribution is 5.85. The highest BCUT2D eigenvalue weighted by atomic mass is 19.1. The van der Waals surface area contributed by atoms with E-state index in [2.05, 4.69) is 25.5 Å². The Bertz CT molecular complexity index is 814. The topological polar surface area (TPSA) is 106 Å². The van der Waals surface area contributed by atoms with Crippen LogP contribution in [0.15, 0.2) is 24.3 Å². The van der Waals surface area contributed by atoms with E-state index in [9.17, 15) is 14.0 Å². The number of rotatable bonds is 6. The van der Waals surface area contributed by atoms with E-state index in [1.54, 1.807) is 20.8 Å². The second-order valence-corrected chi connectivity index (χ2v) is 8.90. The number of piperidine rings is 1. The molecule has 1 aromatic rings. The van der Waals surface area contributed by atoms with Gasteiger partial charge in [0.15, 0.2) is 5.75 Å². The number of hydrogen-bond donors (Lipinski definition) is 2. The van der Waals surface area contributed by atoms with Gasteiger partial charge in [-0.2, -0.15) is 0 Å². The summed E-state index contributed by atoms with van der Waals surface area (Å²) in [4.78, 5) is 34.5. The second kappa shape index (κ2) is 9.49. The Kier molecular flexibility index (Phi) is 6.97. The average molecular weight is 436 g/mol. The van der Waals surface area contributed by atoms with Crippen LogP contribution in [0.25, 0.3) is 0 Å². The number of ether oxygens (including phenoxy) is 2. The Morgan fingerprint density at radius 3 is 2.52 bits per heavy atom. The molecule has 2 saturated heterocycles. The van der Waals surface area contributed by atoms with Crippen LogP contribution in [0.1, 0.15) is 40.0 Å². The maximum absolute atomic E-state index is 13.1. The minimum atomic E-state index is -0.627. The predicted octanol–water partition coefficient (Wildman–Crippen LogP) is 2.34. The number of aromatic nitrogens is 2. The third-order valence-corrected chi connectivity index (χ3v) is 5.43. The lowest BCUT2D eigenvalue weighted by Gasteiger charge is -2.37. The Morgan fingerprint density at radius 2 is 1.97 bits per heavy atom. The third-order valence-electron chi connectivity index (χ3n) is 5.43. The Balaban J connectivity index is 1.45. The van der Waals surface area contributed by atoms with Gasteiger partial charge in [0.1, 0.15) is 12.2 Å². The summed E-state index contributed by atoms with van der Waals surface area (Å²) in [5.74, 6) is 1.13. The number of halogens is 1. The summed E-state index contributed by atoms with van der Waals surface area (Å²) in [5, 5.41) is 5.41. The minimum Gasteiger partial charge on any atom is -0.486 e. The molecule has 3 heterocycles. The van der Waals surface area contributed by atoms with Gasteiger partial charge in [-0.25, -0.2) is 19.2 Å². The van der Waals surface area contributed by atoms with Crippen LogP contribution < -0.4 is 20.3 Å². The monoisotopic (exact) mass is 435 g/mol. The third kappa shape index (κ3) is 6.05. The number of hydrogen-bond acceptors (Lipinski definition) is 7. The largest absolute Gasteiger partial charge is 0.486 e. The van der Waals surface area contributed by atoms with Crippen LogP contribution in [-0.2, 0) is 9.53 Å². The first-order valence-electron chi connectivity index (χ1n) is 10.4. The fourth-order valence-electron chi connectivity index (χ4n) is 3.67. The number of amides is 2. The zero-order valence-electron chi connectivity index (χ0n) is 18.2. The number of nitrogens with one attached hydrogen (secondary N) is 2. The van der Waals surface area contributed by atoms with Crippen molar-refractivity contribution in [3.63, 3.8) is 0 Å². The molecule has 2 aliphatic rings. The van der Waals surface area contributed by atoms with Gasteiger partial charge in [0, 0.05) is 31.8 Å². The molecule has 2 aliphatic heterocycles. The first-order valence-corrected chi connectivity index (χ1v) is 10.4. The van der Waals surface area contributed by atoms with E-state index in [0.29, 0.717) is 18.0 Å². The van der Waals surface area contributed by atoms with Gasteiger partial charge < -0.3 is 25.0 Å². The van der Waals surface area contributed by atoms with Crippen molar-refractivity contribution in [1.29, 1.82) is 0 Å². The van der Waals surface area contributed by atoms with Gasteiger partial charge in [-0.1, -0.05) is 0 Å². The maximum Gasteiger partial charge on any atom is 0.407 e. The standard InChI is InChI=1S/C21H30FN5O4/c1-20(2,3)31-19(29)26-11-15(10-22)14-30-16-12-24-18(25-13-16)27-8-5-21(6-9-27)4-7-23-17(21)28/h10,12-13H,4-9,11,14H2,1-3H3,(H,23,28)(H,26,29)/b15-10+. The summed E-state index contributed by atoms with van der Waals surface area (Å²) >= 11 is 0. The second-order valence-electron chi connectivity index (χ2n) is 8.90. The molecule has 0 atom stereocenters. The molecular weight excluding hydrogens is 405 g/mol. The molecule has 2 amide bonds. The Labute approximate surface area is 181 Å². The normalized spacial score (nSPS) is 18.6. The van der Waals surface area contributed by atoms with Crippen LogP contribution in [0.5, 0.6) is 5.75 Å². The predicted molar refractivity (Wildman–Crippen MR) is 112 cm³/mol. The molecule has 0 saturated carbocycles. The lowest BCUT2D eigenvalue weighted by molar-refractivity contribution is -0.128. The van der Waals surface area contributed by atoms with Gasteiger partial charge >= 0.3 is 6.09 Å². The Hall–Kier alpha value is -2.91. The van der Waals surface area contributed by atoms with Crippen LogP contribution >= 0.6 is 0 Å². The molecule has 0 radical (unpaired) electrons. The van der Waals surface area contributed by atoms with E-state index in [0.717, 1.165) is 38.9 Å². The van der Waals surface area contributed by atoms with Crippen molar-refractivity contribution in [2.75, 3.05) is 37.7 Å². The first-order chi connectivity index (χ1) is 14.7. The van der Waals surface area contributed by atoms with E-state index in [-0.39, 0.29) is 30.0 Å².